The third-order valence-electron chi connectivity index (χ3n) is 5.52. The monoisotopic (exact) mass is 455 g/mol. The minimum Gasteiger partial charge on any atom is -0.496 e. The Balaban J connectivity index is 2.48. The Morgan fingerprint density at radius 3 is 2.39 bits per heavy atom. The molecule has 0 saturated carbocycles. The maximum absolute atomic E-state index is 12.8. The van der Waals surface area contributed by atoms with Crippen LogP contribution in [0, 0.1) is 13.8 Å². The Bertz CT molecular complexity index is 938. The standard InChI is InChI=1S/C27H37NO5/c1-7-9-16-33-25-20(4)24(30-5)19(3)23(26(25)31-6)17-22(27(29)32-8-2)14-10-12-21-13-11-15-28-18-21/h11,13,15,17-18H,7-10,12,14,16H2,1-6H3/b22-17+. The zero-order valence-corrected chi connectivity index (χ0v) is 20.8. The van der Waals surface area contributed by atoms with E-state index in [2.05, 4.69) is 11.9 Å². The number of hydrogen-bond acceptors (Lipinski definition) is 6. The highest BCUT2D eigenvalue weighted by atomic mass is 16.5. The van der Waals surface area contributed by atoms with Gasteiger partial charge in [-0.15, -0.1) is 0 Å². The molecule has 0 aliphatic rings. The number of carbonyl (C=O) groups is 1. The lowest BCUT2D eigenvalue weighted by atomic mass is 9.96. The van der Waals surface area contributed by atoms with Crippen molar-refractivity contribution in [2.24, 2.45) is 0 Å². The van der Waals surface area contributed by atoms with E-state index in [1.54, 1.807) is 20.4 Å². The number of methoxy groups -OCH3 is 2. The molecule has 1 aromatic carbocycles. The van der Waals surface area contributed by atoms with Crippen molar-refractivity contribution in [2.75, 3.05) is 27.4 Å². The van der Waals surface area contributed by atoms with Crippen LogP contribution in [0.3, 0.4) is 0 Å². The third kappa shape index (κ3) is 6.98. The van der Waals surface area contributed by atoms with Crippen molar-refractivity contribution in [3.05, 3.63) is 52.4 Å². The fourth-order valence-electron chi connectivity index (χ4n) is 3.80. The molecule has 0 aliphatic heterocycles. The third-order valence-corrected chi connectivity index (χ3v) is 5.52. The summed E-state index contributed by atoms with van der Waals surface area (Å²) in [5.41, 5.74) is 4.28. The smallest absolute Gasteiger partial charge is 0.334 e. The van der Waals surface area contributed by atoms with Gasteiger partial charge in [0, 0.05) is 34.7 Å². The molecule has 33 heavy (non-hydrogen) atoms. The lowest BCUT2D eigenvalue weighted by Gasteiger charge is -2.21. The van der Waals surface area contributed by atoms with Gasteiger partial charge in [0.05, 0.1) is 27.4 Å². The van der Waals surface area contributed by atoms with Crippen LogP contribution in [0.5, 0.6) is 17.2 Å². The number of aromatic nitrogens is 1. The number of benzene rings is 1. The summed E-state index contributed by atoms with van der Waals surface area (Å²) in [6, 6.07) is 3.96. The van der Waals surface area contributed by atoms with Crippen molar-refractivity contribution < 1.29 is 23.7 Å². The lowest BCUT2D eigenvalue weighted by Crippen LogP contribution is -2.10. The van der Waals surface area contributed by atoms with Gasteiger partial charge in [-0.1, -0.05) is 19.4 Å². The first-order valence-electron chi connectivity index (χ1n) is 11.6. The number of nitrogens with zero attached hydrogens (tertiary/aromatic N) is 1. The van der Waals surface area contributed by atoms with Gasteiger partial charge in [-0.05, 0) is 64.2 Å². The molecular formula is C27H37NO5. The first kappa shape index (κ1) is 26.2. The molecular weight excluding hydrogens is 418 g/mol. The summed E-state index contributed by atoms with van der Waals surface area (Å²) in [6.07, 6.45) is 9.62. The van der Waals surface area contributed by atoms with Gasteiger partial charge in [0.1, 0.15) is 5.75 Å². The molecule has 180 valence electrons. The average Bonchev–Trinajstić information content (AvgIpc) is 2.82. The minimum absolute atomic E-state index is 0.317. The molecule has 0 radical (unpaired) electrons. The zero-order valence-electron chi connectivity index (χ0n) is 20.8. The molecule has 0 unspecified atom stereocenters. The lowest BCUT2D eigenvalue weighted by molar-refractivity contribution is -0.138. The van der Waals surface area contributed by atoms with E-state index in [0.717, 1.165) is 53.7 Å². The van der Waals surface area contributed by atoms with Crippen LogP contribution in [0.15, 0.2) is 30.1 Å². The number of rotatable bonds is 13. The maximum atomic E-state index is 12.8. The van der Waals surface area contributed by atoms with Crippen LogP contribution in [0.1, 0.15) is 61.8 Å². The summed E-state index contributed by atoms with van der Waals surface area (Å²) in [4.78, 5) is 17.0. The molecule has 0 amide bonds. The minimum atomic E-state index is -0.321. The highest BCUT2D eigenvalue weighted by Crippen LogP contribution is 2.44. The van der Waals surface area contributed by atoms with Crippen molar-refractivity contribution in [2.45, 2.75) is 59.8 Å². The molecule has 0 N–H and O–H groups in total. The number of aryl methyl sites for hydroxylation is 1. The van der Waals surface area contributed by atoms with Crippen molar-refractivity contribution in [1.82, 2.24) is 4.98 Å². The van der Waals surface area contributed by atoms with Crippen LogP contribution in [0.25, 0.3) is 6.08 Å². The highest BCUT2D eigenvalue weighted by molar-refractivity contribution is 5.95. The maximum Gasteiger partial charge on any atom is 0.334 e. The van der Waals surface area contributed by atoms with E-state index in [-0.39, 0.29) is 5.97 Å². The normalized spacial score (nSPS) is 11.3. The van der Waals surface area contributed by atoms with Crippen molar-refractivity contribution in [3.8, 4) is 17.2 Å². The number of esters is 1. The number of pyridine rings is 1. The molecule has 0 bridgehead atoms. The molecule has 0 fully saturated rings. The van der Waals surface area contributed by atoms with E-state index in [0.29, 0.717) is 36.7 Å². The number of hydrogen-bond donors (Lipinski definition) is 0. The number of unbranched alkanes of at least 4 members (excludes halogenated alkanes) is 1. The molecule has 0 saturated heterocycles. The van der Waals surface area contributed by atoms with Crippen molar-refractivity contribution >= 4 is 12.0 Å². The summed E-state index contributed by atoms with van der Waals surface area (Å²) >= 11 is 0. The van der Waals surface area contributed by atoms with E-state index in [1.165, 1.54) is 0 Å². The van der Waals surface area contributed by atoms with Gasteiger partial charge < -0.3 is 18.9 Å². The summed E-state index contributed by atoms with van der Waals surface area (Å²) in [6.45, 7) is 8.76. The highest BCUT2D eigenvalue weighted by Gasteiger charge is 2.23. The van der Waals surface area contributed by atoms with E-state index in [9.17, 15) is 4.79 Å². The van der Waals surface area contributed by atoms with E-state index < -0.39 is 0 Å². The van der Waals surface area contributed by atoms with Gasteiger partial charge in [0.15, 0.2) is 11.5 Å². The predicted octanol–water partition coefficient (Wildman–Crippen LogP) is 5.86. The van der Waals surface area contributed by atoms with Crippen molar-refractivity contribution in [3.63, 3.8) is 0 Å². The van der Waals surface area contributed by atoms with Crippen molar-refractivity contribution in [1.29, 1.82) is 0 Å². The van der Waals surface area contributed by atoms with Crippen LogP contribution in [0.4, 0.5) is 0 Å². The van der Waals surface area contributed by atoms with Gasteiger partial charge in [0.25, 0.3) is 0 Å². The summed E-state index contributed by atoms with van der Waals surface area (Å²) in [5.74, 6) is 1.67. The van der Waals surface area contributed by atoms with Crippen LogP contribution in [-0.2, 0) is 16.0 Å². The van der Waals surface area contributed by atoms with E-state index in [1.807, 2.05) is 45.2 Å². The fourth-order valence-corrected chi connectivity index (χ4v) is 3.80. The summed E-state index contributed by atoms with van der Waals surface area (Å²) < 4.78 is 23.0. The van der Waals surface area contributed by atoms with Crippen LogP contribution < -0.4 is 14.2 Å². The number of ether oxygens (including phenoxy) is 4. The van der Waals surface area contributed by atoms with Gasteiger partial charge in [-0.2, -0.15) is 0 Å². The van der Waals surface area contributed by atoms with E-state index in [4.69, 9.17) is 18.9 Å². The predicted molar refractivity (Wildman–Crippen MR) is 131 cm³/mol. The molecule has 2 aromatic rings. The van der Waals surface area contributed by atoms with Crippen LogP contribution in [0.2, 0.25) is 0 Å². The Kier molecular flexibility index (Phi) is 10.7. The summed E-state index contributed by atoms with van der Waals surface area (Å²) in [7, 11) is 3.27. The summed E-state index contributed by atoms with van der Waals surface area (Å²) in [5, 5.41) is 0. The molecule has 6 heteroatoms. The van der Waals surface area contributed by atoms with Gasteiger partial charge >= 0.3 is 5.97 Å². The topological polar surface area (TPSA) is 66.9 Å². The van der Waals surface area contributed by atoms with E-state index >= 15 is 0 Å². The van der Waals surface area contributed by atoms with Crippen LogP contribution in [-0.4, -0.2) is 38.4 Å². The largest absolute Gasteiger partial charge is 0.496 e. The zero-order chi connectivity index (χ0) is 24.2. The molecule has 0 atom stereocenters. The first-order chi connectivity index (χ1) is 16.0. The SMILES string of the molecule is CCCCOc1c(C)c(OC)c(C)c(/C=C(\CCCc2cccnc2)C(=O)OCC)c1OC. The van der Waals surface area contributed by atoms with Gasteiger partial charge in [0.2, 0.25) is 0 Å². The quantitative estimate of drug-likeness (QED) is 0.214. The Morgan fingerprint density at radius 1 is 1.03 bits per heavy atom. The number of carbonyl (C=O) groups excluding carboxylic acids is 1. The van der Waals surface area contributed by atoms with Crippen LogP contribution >= 0.6 is 0 Å². The fraction of sp³-hybridized carbons (Fsp3) is 0.481. The second-order valence-corrected chi connectivity index (χ2v) is 7.87. The molecule has 1 heterocycles. The Labute approximate surface area is 197 Å². The Morgan fingerprint density at radius 2 is 1.79 bits per heavy atom. The molecule has 1 aromatic heterocycles. The second-order valence-electron chi connectivity index (χ2n) is 7.87. The Hall–Kier alpha value is -3.02. The molecule has 6 nitrogen and oxygen atoms in total. The molecule has 2 rings (SSSR count). The van der Waals surface area contributed by atoms with Gasteiger partial charge in [-0.25, -0.2) is 4.79 Å². The first-order valence-corrected chi connectivity index (χ1v) is 11.6. The average molecular weight is 456 g/mol. The molecule has 0 spiro atoms. The molecule has 0 aliphatic carbocycles. The van der Waals surface area contributed by atoms with Gasteiger partial charge in [-0.3, -0.25) is 4.98 Å². The second kappa shape index (κ2) is 13.5.